The molecule has 0 unspecified atom stereocenters. The molecule has 20 heavy (non-hydrogen) atoms. The zero-order valence-corrected chi connectivity index (χ0v) is 12.4. The lowest BCUT2D eigenvalue weighted by atomic mass is 10.1. The minimum absolute atomic E-state index is 0.0291. The van der Waals surface area contributed by atoms with Gasteiger partial charge in [0.25, 0.3) is 0 Å². The van der Waals surface area contributed by atoms with Crippen molar-refractivity contribution in [3.05, 3.63) is 34.3 Å². The van der Waals surface area contributed by atoms with Crippen molar-refractivity contribution in [1.82, 2.24) is 4.90 Å². The zero-order chi connectivity index (χ0) is 14.5. The number of hydrogen-bond donors (Lipinski definition) is 3. The van der Waals surface area contributed by atoms with Gasteiger partial charge in [0.15, 0.2) is 0 Å². The zero-order valence-electron chi connectivity index (χ0n) is 11.6. The predicted octanol–water partition coefficient (Wildman–Crippen LogP) is 2.36. The maximum absolute atomic E-state index is 9.24. The first-order valence-corrected chi connectivity index (χ1v) is 7.47. The average molecular weight is 296 g/mol. The van der Waals surface area contributed by atoms with Gasteiger partial charge in [-0.15, -0.1) is 0 Å². The van der Waals surface area contributed by atoms with Crippen LogP contribution in [0.5, 0.6) is 0 Å². The van der Waals surface area contributed by atoms with Crippen LogP contribution in [0.1, 0.15) is 36.8 Å². The van der Waals surface area contributed by atoms with Crippen molar-refractivity contribution >= 4 is 17.4 Å². The molecular weight excluding hydrogens is 274 g/mol. The topological polar surface area (TPSA) is 73.3 Å². The fourth-order valence-electron chi connectivity index (χ4n) is 2.85. The molecule has 0 aliphatic heterocycles. The molecule has 0 spiro atoms. The number of hydrogen-bond acceptors (Lipinski definition) is 3. The van der Waals surface area contributed by atoms with Gasteiger partial charge in [0.1, 0.15) is 5.84 Å². The van der Waals surface area contributed by atoms with Gasteiger partial charge in [-0.3, -0.25) is 10.3 Å². The van der Waals surface area contributed by atoms with Crippen molar-refractivity contribution in [2.45, 2.75) is 38.3 Å². The van der Waals surface area contributed by atoms with Crippen LogP contribution in [0, 0.1) is 5.41 Å². The molecule has 110 valence electrons. The predicted molar refractivity (Wildman–Crippen MR) is 82.2 cm³/mol. The highest BCUT2D eigenvalue weighted by Crippen LogP contribution is 2.27. The van der Waals surface area contributed by atoms with E-state index in [2.05, 4.69) is 4.90 Å². The van der Waals surface area contributed by atoms with E-state index in [-0.39, 0.29) is 12.4 Å². The lowest BCUT2D eigenvalue weighted by Crippen LogP contribution is -2.35. The number of aliphatic hydroxyl groups is 1. The van der Waals surface area contributed by atoms with E-state index < -0.39 is 0 Å². The number of rotatable bonds is 6. The molecule has 1 saturated carbocycles. The van der Waals surface area contributed by atoms with Crippen LogP contribution in [0.3, 0.4) is 0 Å². The van der Waals surface area contributed by atoms with Crippen LogP contribution in [0.2, 0.25) is 5.02 Å². The molecule has 1 fully saturated rings. The Labute approximate surface area is 125 Å². The van der Waals surface area contributed by atoms with E-state index in [0.717, 1.165) is 12.1 Å². The summed E-state index contributed by atoms with van der Waals surface area (Å²) in [5.41, 5.74) is 7.13. The second kappa shape index (κ2) is 7.07. The van der Waals surface area contributed by atoms with E-state index in [1.54, 1.807) is 6.07 Å². The van der Waals surface area contributed by atoms with Gasteiger partial charge in [-0.2, -0.15) is 0 Å². The van der Waals surface area contributed by atoms with Crippen LogP contribution in [-0.4, -0.2) is 35.0 Å². The summed E-state index contributed by atoms with van der Waals surface area (Å²) in [4.78, 5) is 2.31. The fraction of sp³-hybridized carbons (Fsp3) is 0.533. The van der Waals surface area contributed by atoms with E-state index in [1.165, 1.54) is 25.7 Å². The van der Waals surface area contributed by atoms with Gasteiger partial charge in [-0.25, -0.2) is 0 Å². The molecule has 1 aromatic carbocycles. The summed E-state index contributed by atoms with van der Waals surface area (Å²) in [6.07, 6.45) is 4.93. The lowest BCUT2D eigenvalue weighted by molar-refractivity contribution is 0.145. The smallest absolute Gasteiger partial charge is 0.122 e. The Bertz CT molecular complexity index is 472. The molecule has 0 atom stereocenters. The van der Waals surface area contributed by atoms with Gasteiger partial charge in [-0.05, 0) is 24.5 Å². The second-order valence-corrected chi connectivity index (χ2v) is 5.76. The van der Waals surface area contributed by atoms with E-state index in [4.69, 9.17) is 22.7 Å². The minimum Gasteiger partial charge on any atom is -0.395 e. The third-order valence-corrected chi connectivity index (χ3v) is 4.32. The minimum atomic E-state index is 0.0291. The van der Waals surface area contributed by atoms with E-state index >= 15 is 0 Å². The van der Waals surface area contributed by atoms with Crippen LogP contribution < -0.4 is 5.73 Å². The molecule has 0 amide bonds. The molecule has 2 rings (SSSR count). The first kappa shape index (κ1) is 15.3. The molecule has 0 aromatic heterocycles. The van der Waals surface area contributed by atoms with Crippen LogP contribution in [0.25, 0.3) is 0 Å². The molecule has 5 heteroatoms. The molecule has 1 aliphatic rings. The maximum Gasteiger partial charge on any atom is 0.122 e. The van der Waals surface area contributed by atoms with E-state index in [0.29, 0.717) is 23.2 Å². The number of benzene rings is 1. The fourth-order valence-corrected chi connectivity index (χ4v) is 3.09. The molecule has 0 saturated heterocycles. The van der Waals surface area contributed by atoms with Gasteiger partial charge in [0.05, 0.1) is 6.61 Å². The summed E-state index contributed by atoms with van der Waals surface area (Å²) in [7, 11) is 0. The number of halogens is 1. The molecular formula is C15H22ClN3O. The molecule has 0 bridgehead atoms. The van der Waals surface area contributed by atoms with Crippen LogP contribution >= 0.6 is 11.6 Å². The van der Waals surface area contributed by atoms with E-state index in [1.807, 2.05) is 12.1 Å². The van der Waals surface area contributed by atoms with Crippen LogP contribution in [0.4, 0.5) is 0 Å². The monoisotopic (exact) mass is 295 g/mol. The number of nitrogens with one attached hydrogen (secondary N) is 1. The average Bonchev–Trinajstić information content (AvgIpc) is 2.94. The Kier molecular flexibility index (Phi) is 5.40. The summed E-state index contributed by atoms with van der Waals surface area (Å²) < 4.78 is 0. The molecule has 0 radical (unpaired) electrons. The summed E-state index contributed by atoms with van der Waals surface area (Å²) in [6, 6.07) is 6.05. The SMILES string of the molecule is N=C(N)c1ccc(CN(CCO)C2CCCC2)c(Cl)c1. The van der Waals surface area contributed by atoms with Gasteiger partial charge >= 0.3 is 0 Å². The quantitative estimate of drug-likeness (QED) is 0.557. The van der Waals surface area contributed by atoms with Crippen molar-refractivity contribution in [2.75, 3.05) is 13.2 Å². The number of amidine groups is 1. The second-order valence-electron chi connectivity index (χ2n) is 5.35. The molecule has 1 aliphatic carbocycles. The van der Waals surface area contributed by atoms with Crippen molar-refractivity contribution in [2.24, 2.45) is 5.73 Å². The molecule has 4 nitrogen and oxygen atoms in total. The highest BCUT2D eigenvalue weighted by Gasteiger charge is 2.22. The highest BCUT2D eigenvalue weighted by atomic mass is 35.5. The Balaban J connectivity index is 2.11. The van der Waals surface area contributed by atoms with Gasteiger partial charge in [0, 0.05) is 29.7 Å². The van der Waals surface area contributed by atoms with Crippen molar-refractivity contribution in [3.63, 3.8) is 0 Å². The summed E-state index contributed by atoms with van der Waals surface area (Å²) in [5.74, 6) is 0.0291. The summed E-state index contributed by atoms with van der Waals surface area (Å²) in [5, 5.41) is 17.3. The first-order valence-electron chi connectivity index (χ1n) is 7.09. The third-order valence-electron chi connectivity index (χ3n) is 3.97. The van der Waals surface area contributed by atoms with Gasteiger partial charge in [-0.1, -0.05) is 36.6 Å². The first-order chi connectivity index (χ1) is 9.61. The van der Waals surface area contributed by atoms with Crippen molar-refractivity contribution in [3.8, 4) is 0 Å². The summed E-state index contributed by atoms with van der Waals surface area (Å²) >= 11 is 6.28. The highest BCUT2D eigenvalue weighted by molar-refractivity contribution is 6.31. The summed E-state index contributed by atoms with van der Waals surface area (Å²) in [6.45, 7) is 1.58. The van der Waals surface area contributed by atoms with Crippen molar-refractivity contribution < 1.29 is 5.11 Å². The van der Waals surface area contributed by atoms with Gasteiger partial charge < -0.3 is 10.8 Å². The molecule has 1 aromatic rings. The number of nitrogen functional groups attached to an aromatic ring is 1. The van der Waals surface area contributed by atoms with Crippen LogP contribution in [-0.2, 0) is 6.54 Å². The largest absolute Gasteiger partial charge is 0.395 e. The molecule has 4 N–H and O–H groups in total. The number of nitrogens with zero attached hydrogens (tertiary/aromatic N) is 1. The van der Waals surface area contributed by atoms with Crippen LogP contribution in [0.15, 0.2) is 18.2 Å². The van der Waals surface area contributed by atoms with Gasteiger partial charge in [0.2, 0.25) is 0 Å². The number of nitrogens with two attached hydrogens (primary N) is 1. The normalized spacial score (nSPS) is 15.9. The lowest BCUT2D eigenvalue weighted by Gasteiger charge is -2.28. The Morgan fingerprint density at radius 1 is 1.40 bits per heavy atom. The maximum atomic E-state index is 9.24. The van der Waals surface area contributed by atoms with Crippen molar-refractivity contribution in [1.29, 1.82) is 5.41 Å². The Morgan fingerprint density at radius 3 is 2.65 bits per heavy atom. The van der Waals surface area contributed by atoms with E-state index in [9.17, 15) is 5.11 Å². The third kappa shape index (κ3) is 3.72. The Morgan fingerprint density at radius 2 is 2.10 bits per heavy atom. The molecule has 0 heterocycles. The standard InChI is InChI=1S/C15H22ClN3O/c16-14-9-11(15(17)18)5-6-12(14)10-19(7-8-20)13-3-1-2-4-13/h5-6,9,13,20H,1-4,7-8,10H2,(H3,17,18). The Hall–Kier alpha value is -1.10. The number of aliphatic hydroxyl groups excluding tert-OH is 1.